The van der Waals surface area contributed by atoms with Crippen LogP contribution in [0.4, 0.5) is 17.5 Å². The summed E-state index contributed by atoms with van der Waals surface area (Å²) < 4.78 is 11.0. The highest BCUT2D eigenvalue weighted by molar-refractivity contribution is 5.94. The standard InChI is InChI=1S/C25H24N4O2/c1-30-22-14-20-21(15-23(22)31-2)27-25(28-24(20)26-19-10-4-3-5-11-19)29-13-12-17-8-6-7-9-18(17)16-29/h3-11,14-15H,12-13,16H2,1-2H3,(H,26,27,28). The smallest absolute Gasteiger partial charge is 0.228 e. The van der Waals surface area contributed by atoms with Crippen LogP contribution in [-0.2, 0) is 13.0 Å². The van der Waals surface area contributed by atoms with Crippen LogP contribution < -0.4 is 19.7 Å². The first-order valence-electron chi connectivity index (χ1n) is 10.3. The number of aromatic nitrogens is 2. The summed E-state index contributed by atoms with van der Waals surface area (Å²) in [7, 11) is 3.27. The van der Waals surface area contributed by atoms with Crippen LogP contribution in [0.1, 0.15) is 11.1 Å². The molecular formula is C25H24N4O2. The molecule has 0 radical (unpaired) electrons. The summed E-state index contributed by atoms with van der Waals surface area (Å²) in [6.07, 6.45) is 0.977. The zero-order valence-electron chi connectivity index (χ0n) is 17.6. The van der Waals surface area contributed by atoms with Crippen molar-refractivity contribution >= 4 is 28.4 Å². The van der Waals surface area contributed by atoms with Crippen LogP contribution in [0.3, 0.4) is 0 Å². The van der Waals surface area contributed by atoms with E-state index in [0.29, 0.717) is 17.4 Å². The maximum absolute atomic E-state index is 5.52. The molecule has 6 heteroatoms. The van der Waals surface area contributed by atoms with Crippen LogP contribution in [0.25, 0.3) is 10.9 Å². The number of para-hydroxylation sites is 1. The van der Waals surface area contributed by atoms with E-state index in [2.05, 4.69) is 34.5 Å². The number of nitrogens with one attached hydrogen (secondary N) is 1. The number of fused-ring (bicyclic) bond motifs is 2. The van der Waals surface area contributed by atoms with Gasteiger partial charge in [0, 0.05) is 30.2 Å². The molecule has 6 nitrogen and oxygen atoms in total. The van der Waals surface area contributed by atoms with E-state index in [1.54, 1.807) is 14.2 Å². The Balaban J connectivity index is 1.62. The van der Waals surface area contributed by atoms with Crippen molar-refractivity contribution in [2.75, 3.05) is 31.0 Å². The minimum atomic E-state index is 0.648. The molecule has 2 heterocycles. The quantitative estimate of drug-likeness (QED) is 0.500. The van der Waals surface area contributed by atoms with Crippen LogP contribution in [0, 0.1) is 0 Å². The number of nitrogens with zero attached hydrogens (tertiary/aromatic N) is 3. The Morgan fingerprint density at radius 3 is 2.32 bits per heavy atom. The predicted molar refractivity (Wildman–Crippen MR) is 124 cm³/mol. The summed E-state index contributed by atoms with van der Waals surface area (Å²) in [6.45, 7) is 1.67. The molecule has 31 heavy (non-hydrogen) atoms. The molecule has 1 aliphatic heterocycles. The fourth-order valence-corrected chi connectivity index (χ4v) is 4.00. The molecule has 0 saturated heterocycles. The molecule has 3 aromatic carbocycles. The second-order valence-electron chi connectivity index (χ2n) is 7.53. The highest BCUT2D eigenvalue weighted by Crippen LogP contribution is 2.36. The molecule has 0 bridgehead atoms. The highest BCUT2D eigenvalue weighted by atomic mass is 16.5. The Bertz CT molecular complexity index is 1230. The Labute approximate surface area is 181 Å². The maximum Gasteiger partial charge on any atom is 0.228 e. The lowest BCUT2D eigenvalue weighted by molar-refractivity contribution is 0.356. The van der Waals surface area contributed by atoms with Gasteiger partial charge in [-0.15, -0.1) is 0 Å². The normalized spacial score (nSPS) is 13.0. The molecule has 1 aromatic heterocycles. The Morgan fingerprint density at radius 2 is 1.55 bits per heavy atom. The minimum absolute atomic E-state index is 0.648. The van der Waals surface area contributed by atoms with Crippen LogP contribution in [0.5, 0.6) is 11.5 Å². The van der Waals surface area contributed by atoms with Crippen LogP contribution >= 0.6 is 0 Å². The van der Waals surface area contributed by atoms with Crippen molar-refractivity contribution in [3.05, 3.63) is 77.9 Å². The lowest BCUT2D eigenvalue weighted by Crippen LogP contribution is -2.31. The zero-order valence-corrected chi connectivity index (χ0v) is 17.6. The topological polar surface area (TPSA) is 59.5 Å². The van der Waals surface area contributed by atoms with E-state index in [9.17, 15) is 0 Å². The van der Waals surface area contributed by atoms with E-state index in [0.717, 1.165) is 41.9 Å². The molecule has 0 spiro atoms. The average molecular weight is 412 g/mol. The predicted octanol–water partition coefficient (Wildman–Crippen LogP) is 4.95. The summed E-state index contributed by atoms with van der Waals surface area (Å²) in [5, 5.41) is 4.34. The van der Waals surface area contributed by atoms with Gasteiger partial charge in [0.2, 0.25) is 5.95 Å². The lowest BCUT2D eigenvalue weighted by Gasteiger charge is -2.29. The second-order valence-corrected chi connectivity index (χ2v) is 7.53. The molecule has 0 fully saturated rings. The molecule has 156 valence electrons. The van der Waals surface area contributed by atoms with Gasteiger partial charge < -0.3 is 19.7 Å². The molecule has 0 unspecified atom stereocenters. The summed E-state index contributed by atoms with van der Waals surface area (Å²) in [4.78, 5) is 12.1. The van der Waals surface area contributed by atoms with Gasteiger partial charge in [0.1, 0.15) is 5.82 Å². The number of rotatable bonds is 5. The van der Waals surface area contributed by atoms with Crippen LogP contribution in [0.15, 0.2) is 66.7 Å². The van der Waals surface area contributed by atoms with Crippen molar-refractivity contribution in [3.8, 4) is 11.5 Å². The van der Waals surface area contributed by atoms with Gasteiger partial charge in [-0.05, 0) is 35.7 Å². The fourth-order valence-electron chi connectivity index (χ4n) is 4.00. The van der Waals surface area contributed by atoms with Crippen LogP contribution in [0.2, 0.25) is 0 Å². The van der Waals surface area contributed by atoms with Gasteiger partial charge in [-0.3, -0.25) is 0 Å². The third-order valence-corrected chi connectivity index (χ3v) is 5.64. The highest BCUT2D eigenvalue weighted by Gasteiger charge is 2.21. The van der Waals surface area contributed by atoms with Crippen molar-refractivity contribution in [1.82, 2.24) is 9.97 Å². The van der Waals surface area contributed by atoms with Crippen molar-refractivity contribution < 1.29 is 9.47 Å². The third kappa shape index (κ3) is 3.72. The fraction of sp³-hybridized carbons (Fsp3) is 0.200. The van der Waals surface area contributed by atoms with Crippen molar-refractivity contribution in [2.45, 2.75) is 13.0 Å². The number of methoxy groups -OCH3 is 2. The molecule has 4 aromatic rings. The zero-order chi connectivity index (χ0) is 21.2. The summed E-state index contributed by atoms with van der Waals surface area (Å²) in [6, 6.07) is 22.4. The molecule has 5 rings (SSSR count). The first kappa shape index (κ1) is 19.2. The lowest BCUT2D eigenvalue weighted by atomic mass is 10.0. The first-order valence-corrected chi connectivity index (χ1v) is 10.3. The third-order valence-electron chi connectivity index (χ3n) is 5.64. The van der Waals surface area contributed by atoms with Crippen molar-refractivity contribution in [2.24, 2.45) is 0 Å². The van der Waals surface area contributed by atoms with Crippen molar-refractivity contribution in [1.29, 1.82) is 0 Å². The Hall–Kier alpha value is -3.80. The van der Waals surface area contributed by atoms with Gasteiger partial charge in [0.15, 0.2) is 11.5 Å². The SMILES string of the molecule is COc1cc2nc(N3CCc4ccccc4C3)nc(Nc3ccccc3)c2cc1OC. The van der Waals surface area contributed by atoms with Gasteiger partial charge in [-0.1, -0.05) is 42.5 Å². The number of anilines is 3. The molecule has 1 aliphatic rings. The van der Waals surface area contributed by atoms with Gasteiger partial charge >= 0.3 is 0 Å². The van der Waals surface area contributed by atoms with Crippen molar-refractivity contribution in [3.63, 3.8) is 0 Å². The summed E-state index contributed by atoms with van der Waals surface area (Å²) >= 11 is 0. The molecular weight excluding hydrogens is 388 g/mol. The summed E-state index contributed by atoms with van der Waals surface area (Å²) in [5.41, 5.74) is 4.49. The van der Waals surface area contributed by atoms with Gasteiger partial charge in [0.25, 0.3) is 0 Å². The van der Waals surface area contributed by atoms with Gasteiger partial charge in [-0.2, -0.15) is 4.98 Å². The maximum atomic E-state index is 5.52. The molecule has 0 saturated carbocycles. The Kier molecular flexibility index (Phi) is 5.04. The average Bonchev–Trinajstić information content (AvgIpc) is 2.83. The van der Waals surface area contributed by atoms with Gasteiger partial charge in [0.05, 0.1) is 19.7 Å². The molecule has 0 aliphatic carbocycles. The van der Waals surface area contributed by atoms with Gasteiger partial charge in [-0.25, -0.2) is 4.98 Å². The van der Waals surface area contributed by atoms with E-state index >= 15 is 0 Å². The van der Waals surface area contributed by atoms with E-state index in [4.69, 9.17) is 19.4 Å². The number of hydrogen-bond acceptors (Lipinski definition) is 6. The Morgan fingerprint density at radius 1 is 0.839 bits per heavy atom. The van der Waals surface area contributed by atoms with Crippen LogP contribution in [-0.4, -0.2) is 30.7 Å². The molecule has 0 amide bonds. The summed E-state index contributed by atoms with van der Waals surface area (Å²) in [5.74, 6) is 2.74. The van der Waals surface area contributed by atoms with E-state index < -0.39 is 0 Å². The monoisotopic (exact) mass is 412 g/mol. The largest absolute Gasteiger partial charge is 0.493 e. The number of hydrogen-bond donors (Lipinski definition) is 1. The molecule has 0 atom stereocenters. The second kappa shape index (κ2) is 8.14. The molecule has 1 N–H and O–H groups in total. The van der Waals surface area contributed by atoms with E-state index in [1.165, 1.54) is 11.1 Å². The first-order chi connectivity index (χ1) is 15.2. The van der Waals surface area contributed by atoms with E-state index in [-0.39, 0.29) is 0 Å². The number of ether oxygens (including phenoxy) is 2. The minimum Gasteiger partial charge on any atom is -0.493 e. The van der Waals surface area contributed by atoms with E-state index in [1.807, 2.05) is 42.5 Å². The number of benzene rings is 3.